The average Bonchev–Trinajstić information content (AvgIpc) is 3.50. The molecule has 1 saturated heterocycles. The van der Waals surface area contributed by atoms with Crippen molar-refractivity contribution in [2.24, 2.45) is 22.2 Å². The maximum Gasteiger partial charge on any atom is 0.328 e. The summed E-state index contributed by atoms with van der Waals surface area (Å²) in [7, 11) is 0. The Bertz CT molecular complexity index is 903. The Balaban J connectivity index is 2.11. The van der Waals surface area contributed by atoms with E-state index in [1.165, 1.54) is 17.4 Å². The standard InChI is InChI=1S/C20H33N9O6/c21-12(7-11-8-24-10-26-11)16(31)27-13(3-1-5-25-20(22)23)18(33)29-6-2-4-15(29)17(32)28-14(9-30)19(34)35/h8,10,12-15,30H,1-7,9,21H2,(H,24,26)(H,27,31)(H,28,32)(H,34,35)(H4,22,23,25). The normalized spacial score (nSPS) is 17.8. The summed E-state index contributed by atoms with van der Waals surface area (Å²) in [4.78, 5) is 61.8. The number of carbonyl (C=O) groups is 4. The number of aliphatic imine (C=N–C) groups is 1. The predicted octanol–water partition coefficient (Wildman–Crippen LogP) is -3.63. The molecule has 11 N–H and O–H groups in total. The van der Waals surface area contributed by atoms with Crippen LogP contribution >= 0.6 is 0 Å². The van der Waals surface area contributed by atoms with Crippen LogP contribution in [0.1, 0.15) is 31.4 Å². The number of nitrogens with two attached hydrogens (primary N) is 3. The zero-order valence-corrected chi connectivity index (χ0v) is 19.2. The van der Waals surface area contributed by atoms with Crippen LogP contribution in [0.3, 0.4) is 0 Å². The van der Waals surface area contributed by atoms with E-state index >= 15 is 0 Å². The summed E-state index contributed by atoms with van der Waals surface area (Å²) in [6, 6.07) is -4.39. The predicted molar refractivity (Wildman–Crippen MR) is 123 cm³/mol. The van der Waals surface area contributed by atoms with Crippen molar-refractivity contribution in [1.29, 1.82) is 0 Å². The highest BCUT2D eigenvalue weighted by molar-refractivity contribution is 5.94. The van der Waals surface area contributed by atoms with Gasteiger partial charge in [-0.15, -0.1) is 0 Å². The lowest BCUT2D eigenvalue weighted by Crippen LogP contribution is -2.57. The highest BCUT2D eigenvalue weighted by Crippen LogP contribution is 2.20. The highest BCUT2D eigenvalue weighted by atomic mass is 16.4. The van der Waals surface area contributed by atoms with Gasteiger partial charge in [-0.2, -0.15) is 0 Å². The van der Waals surface area contributed by atoms with Gasteiger partial charge in [0.15, 0.2) is 5.96 Å². The molecule has 2 rings (SSSR count). The number of amides is 3. The third-order valence-electron chi connectivity index (χ3n) is 5.53. The Morgan fingerprint density at radius 2 is 2.00 bits per heavy atom. The Morgan fingerprint density at radius 1 is 1.26 bits per heavy atom. The number of aliphatic carboxylic acids is 1. The van der Waals surface area contributed by atoms with Crippen molar-refractivity contribution in [1.82, 2.24) is 25.5 Å². The monoisotopic (exact) mass is 495 g/mol. The Hall–Kier alpha value is -3.72. The van der Waals surface area contributed by atoms with E-state index in [0.29, 0.717) is 25.0 Å². The summed E-state index contributed by atoms with van der Waals surface area (Å²) >= 11 is 0. The minimum atomic E-state index is -1.49. The number of H-pyrrole nitrogens is 1. The smallest absolute Gasteiger partial charge is 0.328 e. The van der Waals surface area contributed by atoms with Gasteiger partial charge in [-0.3, -0.25) is 19.4 Å². The van der Waals surface area contributed by atoms with Crippen molar-refractivity contribution in [3.8, 4) is 0 Å². The number of carbonyl (C=O) groups excluding carboxylic acids is 3. The number of nitrogens with zero attached hydrogens (tertiary/aromatic N) is 3. The quantitative estimate of drug-likeness (QED) is 0.0756. The molecule has 1 fully saturated rings. The third-order valence-corrected chi connectivity index (χ3v) is 5.53. The molecule has 194 valence electrons. The molecule has 0 aromatic carbocycles. The highest BCUT2D eigenvalue weighted by Gasteiger charge is 2.39. The zero-order chi connectivity index (χ0) is 26.0. The molecule has 1 aromatic rings. The number of nitrogens with one attached hydrogen (secondary N) is 3. The molecule has 35 heavy (non-hydrogen) atoms. The molecular formula is C20H33N9O6. The second-order valence-electron chi connectivity index (χ2n) is 8.17. The molecule has 1 aliphatic heterocycles. The fourth-order valence-corrected chi connectivity index (χ4v) is 3.72. The van der Waals surface area contributed by atoms with Crippen molar-refractivity contribution in [2.75, 3.05) is 19.7 Å². The number of hydrogen-bond acceptors (Lipinski definition) is 8. The van der Waals surface area contributed by atoms with E-state index in [9.17, 15) is 24.3 Å². The summed E-state index contributed by atoms with van der Waals surface area (Å²) in [5.74, 6) is -3.27. The zero-order valence-electron chi connectivity index (χ0n) is 19.2. The Morgan fingerprint density at radius 3 is 2.60 bits per heavy atom. The van der Waals surface area contributed by atoms with Crippen LogP contribution in [-0.4, -0.2) is 98.6 Å². The first-order chi connectivity index (χ1) is 16.6. The first-order valence-electron chi connectivity index (χ1n) is 11.2. The van der Waals surface area contributed by atoms with Gasteiger partial charge in [-0.05, 0) is 25.7 Å². The topological polar surface area (TPSA) is 255 Å². The number of likely N-dealkylation sites (tertiary alicyclic amines) is 1. The lowest BCUT2D eigenvalue weighted by Gasteiger charge is -2.29. The van der Waals surface area contributed by atoms with Crippen LogP contribution in [0.25, 0.3) is 0 Å². The maximum absolute atomic E-state index is 13.4. The average molecular weight is 496 g/mol. The summed E-state index contributed by atoms with van der Waals surface area (Å²) < 4.78 is 0. The van der Waals surface area contributed by atoms with Gasteiger partial charge < -0.3 is 47.9 Å². The van der Waals surface area contributed by atoms with E-state index in [4.69, 9.17) is 22.3 Å². The molecule has 0 aliphatic carbocycles. The molecular weight excluding hydrogens is 462 g/mol. The van der Waals surface area contributed by atoms with Crippen molar-refractivity contribution in [3.63, 3.8) is 0 Å². The molecule has 0 bridgehead atoms. The number of aromatic amines is 1. The number of hydrogen-bond donors (Lipinski definition) is 8. The number of carboxylic acids is 1. The summed E-state index contributed by atoms with van der Waals surface area (Å²) in [5.41, 5.74) is 17.3. The van der Waals surface area contributed by atoms with Crippen LogP contribution in [0, 0.1) is 0 Å². The van der Waals surface area contributed by atoms with E-state index < -0.39 is 54.5 Å². The molecule has 15 heteroatoms. The third kappa shape index (κ3) is 8.22. The van der Waals surface area contributed by atoms with Crippen LogP contribution in [0.5, 0.6) is 0 Å². The SMILES string of the molecule is NC(N)=NCCCC(NC(=O)C(N)Cc1cnc[nH]1)C(=O)N1CCCC1C(=O)NC(CO)C(=O)O. The maximum atomic E-state index is 13.4. The fourth-order valence-electron chi connectivity index (χ4n) is 3.72. The van der Waals surface area contributed by atoms with E-state index in [-0.39, 0.29) is 31.9 Å². The molecule has 3 amide bonds. The first-order valence-corrected chi connectivity index (χ1v) is 11.2. The summed E-state index contributed by atoms with van der Waals surface area (Å²) in [6.45, 7) is -0.323. The Labute approximate surface area is 201 Å². The number of guanidine groups is 1. The van der Waals surface area contributed by atoms with Gasteiger partial charge in [-0.1, -0.05) is 0 Å². The number of carboxylic acid groups (broad SMARTS) is 1. The van der Waals surface area contributed by atoms with Gasteiger partial charge >= 0.3 is 5.97 Å². The molecule has 15 nitrogen and oxygen atoms in total. The molecule has 1 aromatic heterocycles. The molecule has 0 saturated carbocycles. The van der Waals surface area contributed by atoms with Crippen LogP contribution in [0.2, 0.25) is 0 Å². The number of imidazole rings is 1. The molecule has 0 radical (unpaired) electrons. The van der Waals surface area contributed by atoms with E-state index in [0.717, 1.165) is 0 Å². The number of rotatable bonds is 13. The van der Waals surface area contributed by atoms with Gasteiger partial charge in [0, 0.05) is 31.4 Å². The number of aliphatic hydroxyl groups excluding tert-OH is 1. The van der Waals surface area contributed by atoms with Crippen molar-refractivity contribution in [3.05, 3.63) is 18.2 Å². The number of aromatic nitrogens is 2. The molecule has 2 heterocycles. The van der Waals surface area contributed by atoms with Crippen LogP contribution in [0.4, 0.5) is 0 Å². The van der Waals surface area contributed by atoms with Crippen LogP contribution in [0.15, 0.2) is 17.5 Å². The van der Waals surface area contributed by atoms with E-state index in [2.05, 4.69) is 25.6 Å². The molecule has 4 unspecified atom stereocenters. The Kier molecular flexibility index (Phi) is 10.4. The summed E-state index contributed by atoms with van der Waals surface area (Å²) in [6.07, 6.45) is 4.53. The minimum absolute atomic E-state index is 0.105. The summed E-state index contributed by atoms with van der Waals surface area (Å²) in [5, 5.41) is 23.2. The van der Waals surface area contributed by atoms with Gasteiger partial charge in [0.25, 0.3) is 0 Å². The molecule has 0 spiro atoms. The van der Waals surface area contributed by atoms with Crippen molar-refractivity contribution < 1.29 is 29.4 Å². The first kappa shape index (κ1) is 27.5. The second-order valence-corrected chi connectivity index (χ2v) is 8.17. The van der Waals surface area contributed by atoms with Crippen molar-refractivity contribution >= 4 is 29.7 Å². The fraction of sp³-hybridized carbons (Fsp3) is 0.600. The van der Waals surface area contributed by atoms with Gasteiger partial charge in [0.1, 0.15) is 18.1 Å². The van der Waals surface area contributed by atoms with Crippen LogP contribution in [-0.2, 0) is 25.6 Å². The lowest BCUT2D eigenvalue weighted by atomic mass is 10.1. The lowest BCUT2D eigenvalue weighted by molar-refractivity contribution is -0.145. The van der Waals surface area contributed by atoms with Crippen molar-refractivity contribution in [2.45, 2.75) is 56.3 Å². The van der Waals surface area contributed by atoms with Gasteiger partial charge in [-0.25, -0.2) is 9.78 Å². The number of aliphatic hydroxyl groups is 1. The van der Waals surface area contributed by atoms with Crippen LogP contribution < -0.4 is 27.8 Å². The molecule has 4 atom stereocenters. The van der Waals surface area contributed by atoms with E-state index in [1.807, 2.05) is 0 Å². The molecule has 1 aliphatic rings. The van der Waals surface area contributed by atoms with Gasteiger partial charge in [0.2, 0.25) is 17.7 Å². The van der Waals surface area contributed by atoms with Gasteiger partial charge in [0.05, 0.1) is 19.0 Å². The minimum Gasteiger partial charge on any atom is -0.480 e. The van der Waals surface area contributed by atoms with E-state index in [1.54, 1.807) is 0 Å². The largest absolute Gasteiger partial charge is 0.480 e. The second kappa shape index (κ2) is 13.2.